The zero-order chi connectivity index (χ0) is 9.26. The molecule has 13 heavy (non-hydrogen) atoms. The van der Waals surface area contributed by atoms with Gasteiger partial charge in [-0.2, -0.15) is 0 Å². The average Bonchev–Trinajstić information content (AvgIpc) is 2.46. The molecule has 0 atom stereocenters. The zero-order valence-corrected chi connectivity index (χ0v) is 8.34. The molecular formula is C9H7BrN2O. The van der Waals surface area contributed by atoms with Crippen molar-refractivity contribution in [3.05, 3.63) is 28.5 Å². The summed E-state index contributed by atoms with van der Waals surface area (Å²) in [6, 6.07) is 5.78. The Morgan fingerprint density at radius 3 is 3.15 bits per heavy atom. The molecule has 0 fully saturated rings. The summed E-state index contributed by atoms with van der Waals surface area (Å²) in [5.41, 5.74) is 1.84. The number of fused-ring (bicyclic) bond motifs is 1. The van der Waals surface area contributed by atoms with Crippen LogP contribution in [0.1, 0.15) is 5.82 Å². The number of aldehydes is 1. The Kier molecular flexibility index (Phi) is 2.14. The number of nitrogens with one attached hydrogen (secondary N) is 1. The molecule has 66 valence electrons. The van der Waals surface area contributed by atoms with Gasteiger partial charge in [-0.15, -0.1) is 0 Å². The Hall–Kier alpha value is -1.16. The van der Waals surface area contributed by atoms with Gasteiger partial charge in [0.25, 0.3) is 0 Å². The lowest BCUT2D eigenvalue weighted by Crippen LogP contribution is -1.86. The molecule has 2 aromatic rings. The number of nitrogens with zero attached hydrogens (tertiary/aromatic N) is 1. The number of imidazole rings is 1. The van der Waals surface area contributed by atoms with Crippen molar-refractivity contribution in [2.24, 2.45) is 0 Å². The van der Waals surface area contributed by atoms with Crippen LogP contribution in [-0.2, 0) is 11.2 Å². The molecule has 0 amide bonds. The van der Waals surface area contributed by atoms with E-state index in [0.29, 0.717) is 12.2 Å². The Labute approximate surface area is 83.3 Å². The minimum atomic E-state index is 0.340. The largest absolute Gasteiger partial charge is 0.342 e. The lowest BCUT2D eigenvalue weighted by Gasteiger charge is -1.87. The van der Waals surface area contributed by atoms with Gasteiger partial charge in [0.2, 0.25) is 0 Å². The molecule has 4 heteroatoms. The molecule has 3 nitrogen and oxygen atoms in total. The van der Waals surface area contributed by atoms with Gasteiger partial charge in [-0.05, 0) is 18.2 Å². The van der Waals surface area contributed by atoms with Crippen LogP contribution >= 0.6 is 15.9 Å². The summed E-state index contributed by atoms with van der Waals surface area (Å²) in [4.78, 5) is 17.6. The van der Waals surface area contributed by atoms with Crippen LogP contribution in [0.4, 0.5) is 0 Å². The van der Waals surface area contributed by atoms with Crippen molar-refractivity contribution in [2.75, 3.05) is 0 Å². The molecule has 0 bridgehead atoms. The third-order valence-electron chi connectivity index (χ3n) is 1.77. The average molecular weight is 239 g/mol. The molecule has 0 saturated carbocycles. The number of hydrogen-bond acceptors (Lipinski definition) is 2. The van der Waals surface area contributed by atoms with Gasteiger partial charge >= 0.3 is 0 Å². The van der Waals surface area contributed by atoms with Gasteiger partial charge in [0, 0.05) is 4.47 Å². The molecule has 0 radical (unpaired) electrons. The molecule has 0 saturated heterocycles. The number of halogens is 1. The number of aromatic nitrogens is 2. The lowest BCUT2D eigenvalue weighted by molar-refractivity contribution is -0.107. The summed E-state index contributed by atoms with van der Waals surface area (Å²) in [7, 11) is 0. The van der Waals surface area contributed by atoms with Crippen LogP contribution in [0.5, 0.6) is 0 Å². The molecule has 0 unspecified atom stereocenters. The number of carbonyl (C=O) groups excluding carboxylic acids is 1. The molecule has 1 N–H and O–H groups in total. The number of rotatable bonds is 2. The summed E-state index contributed by atoms with van der Waals surface area (Å²) >= 11 is 3.36. The van der Waals surface area contributed by atoms with Crippen molar-refractivity contribution >= 4 is 33.2 Å². The smallest absolute Gasteiger partial charge is 0.127 e. The van der Waals surface area contributed by atoms with E-state index >= 15 is 0 Å². The van der Waals surface area contributed by atoms with Gasteiger partial charge in [0.15, 0.2) is 0 Å². The van der Waals surface area contributed by atoms with Gasteiger partial charge in [0.05, 0.1) is 17.5 Å². The van der Waals surface area contributed by atoms with E-state index in [2.05, 4.69) is 25.9 Å². The second-order valence-electron chi connectivity index (χ2n) is 2.72. The van der Waals surface area contributed by atoms with E-state index in [0.717, 1.165) is 21.8 Å². The van der Waals surface area contributed by atoms with Gasteiger partial charge in [-0.3, -0.25) is 0 Å². The van der Waals surface area contributed by atoms with E-state index in [1.807, 2.05) is 18.2 Å². The molecule has 0 aliphatic heterocycles. The van der Waals surface area contributed by atoms with E-state index in [1.54, 1.807) is 0 Å². The molecular weight excluding hydrogens is 232 g/mol. The highest BCUT2D eigenvalue weighted by Crippen LogP contribution is 2.17. The molecule has 0 spiro atoms. The SMILES string of the molecule is O=CCc1nc2cc(Br)ccc2[nH]1. The monoisotopic (exact) mass is 238 g/mol. The van der Waals surface area contributed by atoms with Crippen LogP contribution in [0.3, 0.4) is 0 Å². The van der Waals surface area contributed by atoms with Crippen LogP contribution in [-0.4, -0.2) is 16.3 Å². The highest BCUT2D eigenvalue weighted by molar-refractivity contribution is 9.10. The maximum absolute atomic E-state index is 10.2. The van der Waals surface area contributed by atoms with E-state index in [-0.39, 0.29) is 0 Å². The first-order valence-electron chi connectivity index (χ1n) is 3.87. The first-order valence-corrected chi connectivity index (χ1v) is 4.66. The van der Waals surface area contributed by atoms with E-state index in [4.69, 9.17) is 0 Å². The minimum Gasteiger partial charge on any atom is -0.342 e. The summed E-state index contributed by atoms with van der Waals surface area (Å²) in [5.74, 6) is 0.711. The van der Waals surface area contributed by atoms with Crippen LogP contribution < -0.4 is 0 Å². The van der Waals surface area contributed by atoms with Crippen molar-refractivity contribution in [1.82, 2.24) is 9.97 Å². The third kappa shape index (κ3) is 1.62. The Morgan fingerprint density at radius 2 is 2.38 bits per heavy atom. The fourth-order valence-electron chi connectivity index (χ4n) is 1.21. The maximum Gasteiger partial charge on any atom is 0.127 e. The number of carbonyl (C=O) groups is 1. The van der Waals surface area contributed by atoms with Gasteiger partial charge < -0.3 is 9.78 Å². The Balaban J connectivity index is 2.55. The molecule has 1 aromatic heterocycles. The number of benzene rings is 1. The quantitative estimate of drug-likeness (QED) is 0.815. The van der Waals surface area contributed by atoms with Gasteiger partial charge in [-0.1, -0.05) is 15.9 Å². The second-order valence-corrected chi connectivity index (χ2v) is 3.63. The number of hydrogen-bond donors (Lipinski definition) is 1. The highest BCUT2D eigenvalue weighted by atomic mass is 79.9. The van der Waals surface area contributed by atoms with Crippen molar-refractivity contribution < 1.29 is 4.79 Å². The summed E-state index contributed by atoms with van der Waals surface area (Å²) in [6.07, 6.45) is 1.18. The first-order chi connectivity index (χ1) is 6.29. The molecule has 2 rings (SSSR count). The normalized spacial score (nSPS) is 10.5. The fourth-order valence-corrected chi connectivity index (χ4v) is 1.56. The van der Waals surface area contributed by atoms with Crippen LogP contribution in [0.15, 0.2) is 22.7 Å². The summed E-state index contributed by atoms with van der Waals surface area (Å²) in [5, 5.41) is 0. The van der Waals surface area contributed by atoms with Crippen molar-refractivity contribution in [1.29, 1.82) is 0 Å². The maximum atomic E-state index is 10.2. The first kappa shape index (κ1) is 8.44. The van der Waals surface area contributed by atoms with E-state index in [9.17, 15) is 4.79 Å². The van der Waals surface area contributed by atoms with Crippen LogP contribution in [0.2, 0.25) is 0 Å². The third-order valence-corrected chi connectivity index (χ3v) is 2.26. The van der Waals surface area contributed by atoms with Crippen molar-refractivity contribution in [3.63, 3.8) is 0 Å². The van der Waals surface area contributed by atoms with Gasteiger partial charge in [-0.25, -0.2) is 4.98 Å². The molecule has 1 aromatic carbocycles. The number of aromatic amines is 1. The van der Waals surface area contributed by atoms with E-state index in [1.165, 1.54) is 0 Å². The summed E-state index contributed by atoms with van der Waals surface area (Å²) < 4.78 is 0.990. The van der Waals surface area contributed by atoms with E-state index < -0.39 is 0 Å². The number of H-pyrrole nitrogens is 1. The molecule has 0 aliphatic rings. The second kappa shape index (κ2) is 3.30. The predicted molar refractivity (Wildman–Crippen MR) is 53.6 cm³/mol. The van der Waals surface area contributed by atoms with Crippen LogP contribution in [0.25, 0.3) is 11.0 Å². The van der Waals surface area contributed by atoms with Crippen molar-refractivity contribution in [3.8, 4) is 0 Å². The summed E-state index contributed by atoms with van der Waals surface area (Å²) in [6.45, 7) is 0. The standard InChI is InChI=1S/C9H7BrN2O/c10-6-1-2-7-8(5-6)12-9(11-7)3-4-13/h1-2,4-5H,3H2,(H,11,12). The fraction of sp³-hybridized carbons (Fsp3) is 0.111. The van der Waals surface area contributed by atoms with Crippen LogP contribution in [0, 0.1) is 0 Å². The topological polar surface area (TPSA) is 45.8 Å². The lowest BCUT2D eigenvalue weighted by atomic mass is 10.3. The van der Waals surface area contributed by atoms with Gasteiger partial charge in [0.1, 0.15) is 12.1 Å². The Morgan fingerprint density at radius 1 is 1.54 bits per heavy atom. The minimum absolute atomic E-state index is 0.340. The molecule has 0 aliphatic carbocycles. The molecule has 1 heterocycles. The van der Waals surface area contributed by atoms with Crippen molar-refractivity contribution in [2.45, 2.75) is 6.42 Å². The Bertz CT molecular complexity index is 450. The highest BCUT2D eigenvalue weighted by Gasteiger charge is 2.01. The zero-order valence-electron chi connectivity index (χ0n) is 6.75. The predicted octanol–water partition coefficient (Wildman–Crippen LogP) is 2.07.